The lowest BCUT2D eigenvalue weighted by atomic mass is 9.99. The summed E-state index contributed by atoms with van der Waals surface area (Å²) in [6, 6.07) is 14.3. The van der Waals surface area contributed by atoms with Gasteiger partial charge in [-0.15, -0.1) is 0 Å². The molecule has 1 fully saturated rings. The number of rotatable bonds is 3. The third kappa shape index (κ3) is 3.22. The lowest BCUT2D eigenvalue weighted by Gasteiger charge is -2.31. The topological polar surface area (TPSA) is 52.6 Å². The van der Waals surface area contributed by atoms with Crippen molar-refractivity contribution in [1.29, 1.82) is 0 Å². The Balaban J connectivity index is 1.65. The van der Waals surface area contributed by atoms with Crippen LogP contribution >= 0.6 is 0 Å². The fraction of sp³-hybridized carbons (Fsp3) is 0.389. The van der Waals surface area contributed by atoms with Gasteiger partial charge in [0.1, 0.15) is 0 Å². The Morgan fingerprint density at radius 2 is 2.05 bits per heavy atom. The molecule has 116 valence electrons. The van der Waals surface area contributed by atoms with Crippen molar-refractivity contribution in [1.82, 2.24) is 10.2 Å². The first-order valence-corrected chi connectivity index (χ1v) is 7.88. The minimum Gasteiger partial charge on any atom is -0.396 e. The first kappa shape index (κ1) is 14.9. The molecule has 0 bridgehead atoms. The molecule has 4 nitrogen and oxygen atoms in total. The van der Waals surface area contributed by atoms with E-state index in [4.69, 9.17) is 0 Å². The van der Waals surface area contributed by atoms with Crippen LogP contribution in [0.1, 0.15) is 18.4 Å². The highest BCUT2D eigenvalue weighted by atomic mass is 16.3. The van der Waals surface area contributed by atoms with Crippen molar-refractivity contribution >= 4 is 16.8 Å². The number of amides is 2. The number of urea groups is 1. The molecule has 1 saturated heterocycles. The van der Waals surface area contributed by atoms with Crippen LogP contribution in [0.5, 0.6) is 0 Å². The van der Waals surface area contributed by atoms with Crippen LogP contribution in [0, 0.1) is 5.92 Å². The Labute approximate surface area is 130 Å². The van der Waals surface area contributed by atoms with E-state index in [0.29, 0.717) is 13.1 Å². The van der Waals surface area contributed by atoms with E-state index in [1.165, 1.54) is 10.8 Å². The number of carbonyl (C=O) groups excluding carboxylic acids is 1. The van der Waals surface area contributed by atoms with E-state index in [0.717, 1.165) is 24.9 Å². The van der Waals surface area contributed by atoms with E-state index >= 15 is 0 Å². The highest BCUT2D eigenvalue weighted by molar-refractivity contribution is 5.86. The molecule has 0 aliphatic carbocycles. The lowest BCUT2D eigenvalue weighted by molar-refractivity contribution is 0.129. The van der Waals surface area contributed by atoms with E-state index in [-0.39, 0.29) is 18.6 Å². The van der Waals surface area contributed by atoms with Gasteiger partial charge in [-0.25, -0.2) is 4.79 Å². The summed E-state index contributed by atoms with van der Waals surface area (Å²) in [4.78, 5) is 14.1. The maximum atomic E-state index is 12.3. The minimum absolute atomic E-state index is 0.0360. The summed E-state index contributed by atoms with van der Waals surface area (Å²) in [5, 5.41) is 14.6. The Morgan fingerprint density at radius 1 is 1.23 bits per heavy atom. The van der Waals surface area contributed by atoms with Crippen LogP contribution in [-0.2, 0) is 6.54 Å². The monoisotopic (exact) mass is 298 g/mol. The number of carbonyl (C=O) groups is 1. The predicted molar refractivity (Wildman–Crippen MR) is 87.6 cm³/mol. The van der Waals surface area contributed by atoms with Crippen molar-refractivity contribution in [2.24, 2.45) is 5.92 Å². The molecule has 1 aliphatic rings. The maximum absolute atomic E-state index is 12.3. The molecule has 2 N–H and O–H groups in total. The third-order valence-electron chi connectivity index (χ3n) is 4.37. The molecule has 1 heterocycles. The average Bonchev–Trinajstić information content (AvgIpc) is 2.59. The summed E-state index contributed by atoms with van der Waals surface area (Å²) in [5.41, 5.74) is 1.13. The quantitative estimate of drug-likeness (QED) is 0.915. The second kappa shape index (κ2) is 6.79. The molecule has 3 rings (SSSR count). The molecule has 0 radical (unpaired) electrons. The fourth-order valence-electron chi connectivity index (χ4n) is 3.13. The number of aliphatic hydroxyl groups is 1. The molecule has 2 amide bonds. The fourth-order valence-corrected chi connectivity index (χ4v) is 3.13. The molecule has 0 aromatic heterocycles. The van der Waals surface area contributed by atoms with E-state index in [1.807, 2.05) is 23.1 Å². The van der Waals surface area contributed by atoms with Crippen molar-refractivity contribution in [2.45, 2.75) is 19.4 Å². The zero-order valence-corrected chi connectivity index (χ0v) is 12.7. The Morgan fingerprint density at radius 3 is 2.91 bits per heavy atom. The van der Waals surface area contributed by atoms with Gasteiger partial charge in [0, 0.05) is 26.2 Å². The number of hydrogen-bond acceptors (Lipinski definition) is 2. The van der Waals surface area contributed by atoms with Crippen molar-refractivity contribution in [3.8, 4) is 0 Å². The summed E-state index contributed by atoms with van der Waals surface area (Å²) >= 11 is 0. The van der Waals surface area contributed by atoms with Gasteiger partial charge in [-0.1, -0.05) is 42.5 Å². The Hall–Kier alpha value is -2.07. The highest BCUT2D eigenvalue weighted by Crippen LogP contribution is 2.19. The van der Waals surface area contributed by atoms with Crippen molar-refractivity contribution in [3.63, 3.8) is 0 Å². The maximum Gasteiger partial charge on any atom is 0.317 e. The number of fused-ring (bicyclic) bond motifs is 1. The molecule has 1 unspecified atom stereocenters. The van der Waals surface area contributed by atoms with Gasteiger partial charge in [0.15, 0.2) is 0 Å². The van der Waals surface area contributed by atoms with Crippen LogP contribution in [0.25, 0.3) is 10.8 Å². The number of aliphatic hydroxyl groups excluding tert-OH is 1. The first-order valence-electron chi connectivity index (χ1n) is 7.88. The SMILES string of the molecule is O=C(NCc1cccc2ccccc12)N1CCCC(CO)C1. The summed E-state index contributed by atoms with van der Waals surface area (Å²) < 4.78 is 0. The number of benzene rings is 2. The summed E-state index contributed by atoms with van der Waals surface area (Å²) in [7, 11) is 0. The van der Waals surface area contributed by atoms with E-state index < -0.39 is 0 Å². The van der Waals surface area contributed by atoms with Crippen molar-refractivity contribution in [2.75, 3.05) is 19.7 Å². The summed E-state index contributed by atoms with van der Waals surface area (Å²) in [6.45, 7) is 2.11. The van der Waals surface area contributed by atoms with Crippen LogP contribution in [-0.4, -0.2) is 35.7 Å². The molecule has 4 heteroatoms. The van der Waals surface area contributed by atoms with Gasteiger partial charge in [0.05, 0.1) is 0 Å². The standard InChI is InChI=1S/C18H22N2O2/c21-13-14-5-4-10-20(12-14)18(22)19-11-16-8-3-7-15-6-1-2-9-17(15)16/h1-3,6-9,14,21H,4-5,10-13H2,(H,19,22). The largest absolute Gasteiger partial charge is 0.396 e. The third-order valence-corrected chi connectivity index (χ3v) is 4.37. The highest BCUT2D eigenvalue weighted by Gasteiger charge is 2.22. The van der Waals surface area contributed by atoms with Gasteiger partial charge in [-0.3, -0.25) is 0 Å². The number of nitrogens with one attached hydrogen (secondary N) is 1. The van der Waals surface area contributed by atoms with Crippen LogP contribution in [0.15, 0.2) is 42.5 Å². The normalized spacial score (nSPS) is 18.4. The Bertz CT molecular complexity index is 651. The van der Waals surface area contributed by atoms with Crippen LogP contribution in [0.2, 0.25) is 0 Å². The van der Waals surface area contributed by atoms with Gasteiger partial charge >= 0.3 is 6.03 Å². The minimum atomic E-state index is -0.0360. The van der Waals surface area contributed by atoms with E-state index in [9.17, 15) is 9.90 Å². The summed E-state index contributed by atoms with van der Waals surface area (Å²) in [6.07, 6.45) is 1.97. The van der Waals surface area contributed by atoms with Gasteiger partial charge in [0.2, 0.25) is 0 Å². The molecule has 2 aromatic rings. The second-order valence-corrected chi connectivity index (χ2v) is 5.93. The zero-order valence-electron chi connectivity index (χ0n) is 12.7. The average molecular weight is 298 g/mol. The number of hydrogen-bond donors (Lipinski definition) is 2. The Kier molecular flexibility index (Phi) is 4.59. The van der Waals surface area contributed by atoms with Crippen molar-refractivity contribution < 1.29 is 9.90 Å². The number of piperidine rings is 1. The number of nitrogens with zero attached hydrogens (tertiary/aromatic N) is 1. The molecule has 1 aliphatic heterocycles. The molecule has 0 spiro atoms. The van der Waals surface area contributed by atoms with Crippen molar-refractivity contribution in [3.05, 3.63) is 48.0 Å². The molecular formula is C18H22N2O2. The van der Waals surface area contributed by atoms with Gasteiger partial charge in [-0.2, -0.15) is 0 Å². The first-order chi connectivity index (χ1) is 10.8. The van der Waals surface area contributed by atoms with Crippen LogP contribution < -0.4 is 5.32 Å². The molecular weight excluding hydrogens is 276 g/mol. The summed E-state index contributed by atoms with van der Waals surface area (Å²) in [5.74, 6) is 0.219. The van der Waals surface area contributed by atoms with Gasteiger partial charge in [0.25, 0.3) is 0 Å². The second-order valence-electron chi connectivity index (χ2n) is 5.93. The molecule has 2 aromatic carbocycles. The van der Waals surface area contributed by atoms with Crippen LogP contribution in [0.3, 0.4) is 0 Å². The smallest absolute Gasteiger partial charge is 0.317 e. The molecule has 1 atom stereocenters. The predicted octanol–water partition coefficient (Wildman–Crippen LogP) is 2.75. The zero-order chi connectivity index (χ0) is 15.4. The van der Waals surface area contributed by atoms with E-state index in [2.05, 4.69) is 29.6 Å². The van der Waals surface area contributed by atoms with E-state index in [1.54, 1.807) is 0 Å². The van der Waals surface area contributed by atoms with Gasteiger partial charge in [-0.05, 0) is 35.1 Å². The van der Waals surface area contributed by atoms with Gasteiger partial charge < -0.3 is 15.3 Å². The van der Waals surface area contributed by atoms with Crippen LogP contribution in [0.4, 0.5) is 4.79 Å². The molecule has 22 heavy (non-hydrogen) atoms. The molecule has 0 saturated carbocycles. The number of likely N-dealkylation sites (tertiary alicyclic amines) is 1. The lowest BCUT2D eigenvalue weighted by Crippen LogP contribution is -2.45.